The van der Waals surface area contributed by atoms with E-state index in [4.69, 9.17) is 4.74 Å². The fraction of sp³-hybridized carbons (Fsp3) is 0.353. The summed E-state index contributed by atoms with van der Waals surface area (Å²) in [6.07, 6.45) is 0. The Labute approximate surface area is 135 Å². The molecule has 1 fully saturated rings. The molecule has 1 aromatic carbocycles. The lowest BCUT2D eigenvalue weighted by Crippen LogP contribution is -2.49. The summed E-state index contributed by atoms with van der Waals surface area (Å²) >= 11 is 0. The highest BCUT2D eigenvalue weighted by Gasteiger charge is 2.23. The third-order valence-corrected chi connectivity index (χ3v) is 3.84. The van der Waals surface area contributed by atoms with Crippen LogP contribution >= 0.6 is 0 Å². The van der Waals surface area contributed by atoms with Gasteiger partial charge in [-0.1, -0.05) is 18.2 Å². The second kappa shape index (κ2) is 7.09. The van der Waals surface area contributed by atoms with Gasteiger partial charge in [-0.3, -0.25) is 4.79 Å². The zero-order valence-electron chi connectivity index (χ0n) is 13.2. The second-order valence-electron chi connectivity index (χ2n) is 5.30. The highest BCUT2D eigenvalue weighted by Crippen LogP contribution is 2.16. The molecule has 1 aliphatic rings. The third kappa shape index (κ3) is 3.59. The van der Waals surface area contributed by atoms with Gasteiger partial charge in [-0.05, 0) is 25.1 Å². The summed E-state index contributed by atoms with van der Waals surface area (Å²) in [5.74, 6) is 0.367. The lowest BCUT2D eigenvalue weighted by molar-refractivity contribution is 0.0739. The molecule has 0 N–H and O–H groups in total. The molecule has 0 unspecified atom stereocenters. The Hall–Kier alpha value is -2.63. The summed E-state index contributed by atoms with van der Waals surface area (Å²) in [6, 6.07) is 13.6. The fourth-order valence-electron chi connectivity index (χ4n) is 2.63. The van der Waals surface area contributed by atoms with Crippen LogP contribution in [0.2, 0.25) is 0 Å². The predicted molar refractivity (Wildman–Crippen MR) is 87.8 cm³/mol. The van der Waals surface area contributed by atoms with Gasteiger partial charge in [0.1, 0.15) is 0 Å². The minimum Gasteiger partial charge on any atom is -0.477 e. The van der Waals surface area contributed by atoms with Gasteiger partial charge in [0.2, 0.25) is 5.88 Å². The average Bonchev–Trinajstić information content (AvgIpc) is 2.63. The van der Waals surface area contributed by atoms with Crippen LogP contribution < -0.4 is 9.64 Å². The topological polar surface area (TPSA) is 58.6 Å². The van der Waals surface area contributed by atoms with Crippen molar-refractivity contribution < 1.29 is 9.53 Å². The number of benzene rings is 1. The van der Waals surface area contributed by atoms with E-state index in [1.54, 1.807) is 12.1 Å². The SMILES string of the molecule is CCOc1ccc(C(=O)N2CCN(c3ccccc3)CC2)nn1. The molecule has 120 valence electrons. The molecular weight excluding hydrogens is 292 g/mol. The maximum absolute atomic E-state index is 12.5. The molecule has 1 aliphatic heterocycles. The zero-order chi connectivity index (χ0) is 16.1. The van der Waals surface area contributed by atoms with E-state index < -0.39 is 0 Å². The standard InChI is InChI=1S/C17H20N4O2/c1-2-23-16-9-8-15(18-19-16)17(22)21-12-10-20(11-13-21)14-6-4-3-5-7-14/h3-9H,2,10-13H2,1H3. The Morgan fingerprint density at radius 3 is 2.39 bits per heavy atom. The average molecular weight is 312 g/mol. The Morgan fingerprint density at radius 1 is 1.04 bits per heavy atom. The largest absolute Gasteiger partial charge is 0.477 e. The zero-order valence-corrected chi connectivity index (χ0v) is 13.2. The lowest BCUT2D eigenvalue weighted by atomic mass is 10.2. The molecule has 6 nitrogen and oxygen atoms in total. The maximum atomic E-state index is 12.5. The van der Waals surface area contributed by atoms with Crippen molar-refractivity contribution in [1.82, 2.24) is 15.1 Å². The molecule has 3 rings (SSSR count). The first-order chi connectivity index (χ1) is 11.3. The van der Waals surface area contributed by atoms with Crippen molar-refractivity contribution in [3.63, 3.8) is 0 Å². The number of ether oxygens (including phenoxy) is 1. The minimum absolute atomic E-state index is 0.0757. The number of para-hydroxylation sites is 1. The molecule has 0 atom stereocenters. The van der Waals surface area contributed by atoms with Crippen LogP contribution in [0.15, 0.2) is 42.5 Å². The van der Waals surface area contributed by atoms with Crippen LogP contribution in [0.25, 0.3) is 0 Å². The molecule has 1 amide bonds. The normalized spacial score (nSPS) is 14.7. The van der Waals surface area contributed by atoms with Gasteiger partial charge in [0.25, 0.3) is 5.91 Å². The number of piperazine rings is 1. The number of amides is 1. The summed E-state index contributed by atoms with van der Waals surface area (Å²) in [7, 11) is 0. The Morgan fingerprint density at radius 2 is 1.78 bits per heavy atom. The van der Waals surface area contributed by atoms with Crippen molar-refractivity contribution in [3.05, 3.63) is 48.2 Å². The Balaban J connectivity index is 1.59. The van der Waals surface area contributed by atoms with E-state index >= 15 is 0 Å². The molecule has 2 heterocycles. The molecular formula is C17H20N4O2. The summed E-state index contributed by atoms with van der Waals surface area (Å²) in [5, 5.41) is 7.89. The van der Waals surface area contributed by atoms with Gasteiger partial charge >= 0.3 is 0 Å². The minimum atomic E-state index is -0.0757. The van der Waals surface area contributed by atoms with Crippen LogP contribution in [0.4, 0.5) is 5.69 Å². The van der Waals surface area contributed by atoms with E-state index in [2.05, 4.69) is 27.2 Å². The Kier molecular flexibility index (Phi) is 4.71. The van der Waals surface area contributed by atoms with Crippen molar-refractivity contribution in [2.75, 3.05) is 37.7 Å². The van der Waals surface area contributed by atoms with Crippen molar-refractivity contribution in [1.29, 1.82) is 0 Å². The molecule has 0 bridgehead atoms. The van der Waals surface area contributed by atoms with E-state index in [0.717, 1.165) is 13.1 Å². The van der Waals surface area contributed by atoms with Crippen LogP contribution in [0.5, 0.6) is 5.88 Å². The van der Waals surface area contributed by atoms with E-state index in [1.165, 1.54) is 5.69 Å². The predicted octanol–water partition coefficient (Wildman–Crippen LogP) is 1.84. The van der Waals surface area contributed by atoms with Crippen molar-refractivity contribution in [3.8, 4) is 5.88 Å². The van der Waals surface area contributed by atoms with Gasteiger partial charge < -0.3 is 14.5 Å². The monoisotopic (exact) mass is 312 g/mol. The highest BCUT2D eigenvalue weighted by molar-refractivity contribution is 5.92. The number of anilines is 1. The summed E-state index contributed by atoms with van der Waals surface area (Å²) in [5.41, 5.74) is 1.56. The first kappa shape index (κ1) is 15.3. The van der Waals surface area contributed by atoms with E-state index in [1.807, 2.05) is 30.0 Å². The number of carbonyl (C=O) groups excluding carboxylic acids is 1. The second-order valence-corrected chi connectivity index (χ2v) is 5.30. The number of aromatic nitrogens is 2. The number of rotatable bonds is 4. The van der Waals surface area contributed by atoms with Gasteiger partial charge in [-0.2, -0.15) is 0 Å². The molecule has 0 radical (unpaired) electrons. The molecule has 6 heteroatoms. The quantitative estimate of drug-likeness (QED) is 0.862. The first-order valence-corrected chi connectivity index (χ1v) is 7.83. The third-order valence-electron chi connectivity index (χ3n) is 3.84. The maximum Gasteiger partial charge on any atom is 0.274 e. The molecule has 0 aliphatic carbocycles. The molecule has 2 aromatic rings. The van der Waals surface area contributed by atoms with E-state index in [0.29, 0.717) is 31.3 Å². The molecule has 0 saturated carbocycles. The van der Waals surface area contributed by atoms with Crippen LogP contribution in [-0.2, 0) is 0 Å². The van der Waals surface area contributed by atoms with Gasteiger partial charge in [0, 0.05) is 37.9 Å². The summed E-state index contributed by atoms with van der Waals surface area (Å²) in [6.45, 7) is 5.42. The van der Waals surface area contributed by atoms with Crippen molar-refractivity contribution >= 4 is 11.6 Å². The molecule has 1 aromatic heterocycles. The van der Waals surface area contributed by atoms with Gasteiger partial charge in [-0.15, -0.1) is 10.2 Å². The van der Waals surface area contributed by atoms with E-state index in [9.17, 15) is 4.79 Å². The van der Waals surface area contributed by atoms with Crippen molar-refractivity contribution in [2.45, 2.75) is 6.92 Å². The van der Waals surface area contributed by atoms with Gasteiger partial charge in [0.05, 0.1) is 6.61 Å². The van der Waals surface area contributed by atoms with Crippen LogP contribution in [0, 0.1) is 0 Å². The number of nitrogens with zero attached hydrogens (tertiary/aromatic N) is 4. The van der Waals surface area contributed by atoms with Crippen LogP contribution in [-0.4, -0.2) is 53.8 Å². The van der Waals surface area contributed by atoms with E-state index in [-0.39, 0.29) is 5.91 Å². The highest BCUT2D eigenvalue weighted by atomic mass is 16.5. The lowest BCUT2D eigenvalue weighted by Gasteiger charge is -2.35. The Bertz CT molecular complexity index is 637. The van der Waals surface area contributed by atoms with Crippen LogP contribution in [0.1, 0.15) is 17.4 Å². The van der Waals surface area contributed by atoms with Gasteiger partial charge in [-0.25, -0.2) is 0 Å². The van der Waals surface area contributed by atoms with Crippen LogP contribution in [0.3, 0.4) is 0 Å². The summed E-state index contributed by atoms with van der Waals surface area (Å²) < 4.78 is 5.24. The fourth-order valence-corrected chi connectivity index (χ4v) is 2.63. The smallest absolute Gasteiger partial charge is 0.274 e. The number of hydrogen-bond acceptors (Lipinski definition) is 5. The number of hydrogen-bond donors (Lipinski definition) is 0. The molecule has 0 spiro atoms. The molecule has 1 saturated heterocycles. The summed E-state index contributed by atoms with van der Waals surface area (Å²) in [4.78, 5) is 16.6. The van der Waals surface area contributed by atoms with Crippen molar-refractivity contribution in [2.24, 2.45) is 0 Å². The number of carbonyl (C=O) groups is 1. The van der Waals surface area contributed by atoms with Gasteiger partial charge in [0.15, 0.2) is 5.69 Å². The molecule has 23 heavy (non-hydrogen) atoms. The first-order valence-electron chi connectivity index (χ1n) is 7.83.